The SMILES string of the molecule is C=CCOC(=O)C1=C(C)Nc2nc(SCc3ccccc3)nn2C1c1ccc(OCc2ccc(Cl)cc2Cl)cc1. The third-order valence-corrected chi connectivity index (χ3v) is 7.70. The summed E-state index contributed by atoms with van der Waals surface area (Å²) in [6.07, 6.45) is 1.54. The summed E-state index contributed by atoms with van der Waals surface area (Å²) in [6, 6.07) is 22.4. The molecular formula is C30H26Cl2N4O3S. The summed E-state index contributed by atoms with van der Waals surface area (Å²) in [5, 5.41) is 9.71. The van der Waals surface area contributed by atoms with Crippen LogP contribution in [0.4, 0.5) is 5.95 Å². The van der Waals surface area contributed by atoms with Crippen LogP contribution >= 0.6 is 35.0 Å². The Hall–Kier alpha value is -3.72. The van der Waals surface area contributed by atoms with Crippen LogP contribution in [0.25, 0.3) is 0 Å². The number of thioether (sulfide) groups is 1. The number of aromatic nitrogens is 3. The summed E-state index contributed by atoms with van der Waals surface area (Å²) in [6.45, 7) is 5.87. The van der Waals surface area contributed by atoms with E-state index >= 15 is 0 Å². The summed E-state index contributed by atoms with van der Waals surface area (Å²) < 4.78 is 13.1. The van der Waals surface area contributed by atoms with E-state index in [1.54, 1.807) is 16.8 Å². The molecule has 0 saturated heterocycles. The molecule has 1 aliphatic heterocycles. The van der Waals surface area contributed by atoms with Crippen LogP contribution in [0, 0.1) is 0 Å². The average molecular weight is 594 g/mol. The number of hydrogen-bond donors (Lipinski definition) is 1. The zero-order valence-corrected chi connectivity index (χ0v) is 24.0. The van der Waals surface area contributed by atoms with Gasteiger partial charge in [0.1, 0.15) is 25.0 Å². The van der Waals surface area contributed by atoms with E-state index < -0.39 is 12.0 Å². The Labute approximate surface area is 246 Å². The van der Waals surface area contributed by atoms with Crippen LogP contribution in [0.5, 0.6) is 5.75 Å². The minimum Gasteiger partial charge on any atom is -0.489 e. The second-order valence-corrected chi connectivity index (χ2v) is 10.8. The van der Waals surface area contributed by atoms with Gasteiger partial charge in [-0.25, -0.2) is 9.48 Å². The number of ether oxygens (including phenoxy) is 2. The van der Waals surface area contributed by atoms with Gasteiger partial charge in [-0.1, -0.05) is 96.1 Å². The van der Waals surface area contributed by atoms with E-state index in [0.29, 0.717) is 38.2 Å². The van der Waals surface area contributed by atoms with Crippen molar-refractivity contribution in [2.45, 2.75) is 30.5 Å². The van der Waals surface area contributed by atoms with Crippen molar-refractivity contribution in [2.75, 3.05) is 11.9 Å². The molecule has 5 rings (SSSR count). The van der Waals surface area contributed by atoms with Crippen LogP contribution in [-0.4, -0.2) is 27.3 Å². The number of benzene rings is 3. The molecule has 4 aromatic rings. The number of halogens is 2. The second-order valence-electron chi connectivity index (χ2n) is 8.98. The van der Waals surface area contributed by atoms with Crippen LogP contribution < -0.4 is 10.1 Å². The molecular weight excluding hydrogens is 567 g/mol. The first-order valence-corrected chi connectivity index (χ1v) is 14.2. The number of carbonyl (C=O) groups is 1. The van der Waals surface area contributed by atoms with E-state index in [1.807, 2.05) is 55.5 Å². The molecule has 0 fully saturated rings. The highest BCUT2D eigenvalue weighted by atomic mass is 35.5. The van der Waals surface area contributed by atoms with Crippen molar-refractivity contribution >= 4 is 46.9 Å². The molecule has 0 saturated carbocycles. The first-order valence-electron chi connectivity index (χ1n) is 12.5. The molecule has 1 unspecified atom stereocenters. The summed E-state index contributed by atoms with van der Waals surface area (Å²) in [5.41, 5.74) is 3.92. The molecule has 0 spiro atoms. The molecule has 40 heavy (non-hydrogen) atoms. The lowest BCUT2D eigenvalue weighted by molar-refractivity contribution is -0.138. The quantitative estimate of drug-likeness (QED) is 0.116. The summed E-state index contributed by atoms with van der Waals surface area (Å²) in [4.78, 5) is 17.9. The number of carbonyl (C=O) groups excluding carboxylic acids is 1. The first-order chi connectivity index (χ1) is 19.4. The predicted molar refractivity (Wildman–Crippen MR) is 159 cm³/mol. The Morgan fingerprint density at radius 3 is 2.62 bits per heavy atom. The highest BCUT2D eigenvalue weighted by Gasteiger charge is 2.35. The molecule has 0 radical (unpaired) electrons. The van der Waals surface area contributed by atoms with Crippen molar-refractivity contribution in [1.29, 1.82) is 0 Å². The maximum absolute atomic E-state index is 13.2. The third kappa shape index (κ3) is 6.36. The van der Waals surface area contributed by atoms with Crippen LogP contribution in [0.3, 0.4) is 0 Å². The molecule has 2 heterocycles. The molecule has 0 bridgehead atoms. The maximum Gasteiger partial charge on any atom is 0.338 e. The van der Waals surface area contributed by atoms with Gasteiger partial charge >= 0.3 is 5.97 Å². The molecule has 1 aromatic heterocycles. The van der Waals surface area contributed by atoms with Gasteiger partial charge < -0.3 is 14.8 Å². The molecule has 1 N–H and O–H groups in total. The smallest absolute Gasteiger partial charge is 0.338 e. The maximum atomic E-state index is 13.2. The van der Waals surface area contributed by atoms with Gasteiger partial charge in [-0.15, -0.1) is 5.10 Å². The van der Waals surface area contributed by atoms with Gasteiger partial charge in [0.05, 0.1) is 5.57 Å². The van der Waals surface area contributed by atoms with E-state index in [2.05, 4.69) is 24.0 Å². The van der Waals surface area contributed by atoms with Crippen LogP contribution in [0.2, 0.25) is 10.0 Å². The van der Waals surface area contributed by atoms with Gasteiger partial charge in [0, 0.05) is 27.1 Å². The van der Waals surface area contributed by atoms with Crippen LogP contribution in [0.15, 0.2) is 102 Å². The first kappa shape index (κ1) is 27.8. The molecule has 1 aliphatic rings. The number of rotatable bonds is 10. The molecule has 7 nitrogen and oxygen atoms in total. The number of nitrogens with zero attached hydrogens (tertiary/aromatic N) is 3. The minimum absolute atomic E-state index is 0.102. The second kappa shape index (κ2) is 12.6. The minimum atomic E-state index is -0.549. The van der Waals surface area contributed by atoms with Crippen LogP contribution in [-0.2, 0) is 21.9 Å². The number of nitrogens with one attached hydrogen (secondary N) is 1. The standard InChI is InChI=1S/C30H26Cl2N4O3S/c1-3-15-38-28(37)26-19(2)33-29-34-30(40-18-20-7-5-4-6-8-20)35-36(29)27(26)21-10-13-24(14-11-21)39-17-22-9-12-23(31)16-25(22)32/h3-14,16,27H,1,15,17-18H2,2H3,(H,33,34,35). The topological polar surface area (TPSA) is 78.3 Å². The van der Waals surface area contributed by atoms with E-state index in [1.165, 1.54) is 23.4 Å². The Morgan fingerprint density at radius 2 is 1.90 bits per heavy atom. The van der Waals surface area contributed by atoms with Gasteiger partial charge in [-0.2, -0.15) is 4.98 Å². The van der Waals surface area contributed by atoms with Gasteiger partial charge in [0.15, 0.2) is 0 Å². The lowest BCUT2D eigenvalue weighted by Crippen LogP contribution is -2.29. The Morgan fingerprint density at radius 1 is 1.12 bits per heavy atom. The Balaban J connectivity index is 1.41. The van der Waals surface area contributed by atoms with Crippen molar-refractivity contribution in [3.05, 3.63) is 123 Å². The fraction of sp³-hybridized carbons (Fsp3) is 0.167. The summed E-state index contributed by atoms with van der Waals surface area (Å²) in [7, 11) is 0. The molecule has 0 amide bonds. The van der Waals surface area contributed by atoms with Crippen molar-refractivity contribution in [3.8, 4) is 5.75 Å². The van der Waals surface area contributed by atoms with Gasteiger partial charge in [0.2, 0.25) is 11.1 Å². The van der Waals surface area contributed by atoms with E-state index in [9.17, 15) is 4.79 Å². The molecule has 1 atom stereocenters. The van der Waals surface area contributed by atoms with Gasteiger partial charge in [0.25, 0.3) is 0 Å². The highest BCUT2D eigenvalue weighted by molar-refractivity contribution is 7.98. The lowest BCUT2D eigenvalue weighted by Gasteiger charge is -2.28. The van der Waals surface area contributed by atoms with Crippen molar-refractivity contribution in [3.63, 3.8) is 0 Å². The third-order valence-electron chi connectivity index (χ3n) is 6.20. The molecule has 0 aliphatic carbocycles. The normalized spacial score (nSPS) is 14.3. The number of esters is 1. The van der Waals surface area contributed by atoms with Crippen molar-refractivity contribution < 1.29 is 14.3 Å². The highest BCUT2D eigenvalue weighted by Crippen LogP contribution is 2.37. The summed E-state index contributed by atoms with van der Waals surface area (Å²) >= 11 is 13.8. The Bertz CT molecular complexity index is 1560. The number of hydrogen-bond acceptors (Lipinski definition) is 7. The lowest BCUT2D eigenvalue weighted by atomic mass is 9.96. The zero-order chi connectivity index (χ0) is 28.1. The number of allylic oxidation sites excluding steroid dienone is 1. The monoisotopic (exact) mass is 592 g/mol. The van der Waals surface area contributed by atoms with Gasteiger partial charge in [-0.3, -0.25) is 0 Å². The van der Waals surface area contributed by atoms with E-state index in [4.69, 9.17) is 42.8 Å². The fourth-order valence-corrected chi connectivity index (χ4v) is 5.49. The largest absolute Gasteiger partial charge is 0.489 e. The van der Waals surface area contributed by atoms with Gasteiger partial charge in [-0.05, 0) is 42.3 Å². The molecule has 204 valence electrons. The van der Waals surface area contributed by atoms with E-state index in [0.717, 1.165) is 16.9 Å². The number of anilines is 1. The number of fused-ring (bicyclic) bond motifs is 1. The molecule has 10 heteroatoms. The average Bonchev–Trinajstić information content (AvgIpc) is 3.37. The van der Waals surface area contributed by atoms with E-state index in [-0.39, 0.29) is 13.2 Å². The Kier molecular flexibility index (Phi) is 8.79. The molecule has 3 aromatic carbocycles. The predicted octanol–water partition coefficient (Wildman–Crippen LogP) is 7.47. The zero-order valence-electron chi connectivity index (χ0n) is 21.6. The van der Waals surface area contributed by atoms with Crippen LogP contribution in [0.1, 0.15) is 29.7 Å². The summed E-state index contributed by atoms with van der Waals surface area (Å²) in [5.74, 6) is 1.47. The fourth-order valence-electron chi connectivity index (χ4n) is 4.25. The van der Waals surface area contributed by atoms with Crippen molar-refractivity contribution in [1.82, 2.24) is 14.8 Å². The van der Waals surface area contributed by atoms with Crippen molar-refractivity contribution in [2.24, 2.45) is 0 Å².